The van der Waals surface area contributed by atoms with Gasteiger partial charge in [0.1, 0.15) is 5.82 Å². The van der Waals surface area contributed by atoms with Gasteiger partial charge >= 0.3 is 0 Å². The molecule has 1 aliphatic carbocycles. The van der Waals surface area contributed by atoms with E-state index in [0.717, 1.165) is 48.2 Å². The average Bonchev–Trinajstić information content (AvgIpc) is 3.02. The number of pyridine rings is 1. The van der Waals surface area contributed by atoms with Gasteiger partial charge in [-0.05, 0) is 49.8 Å². The minimum atomic E-state index is -0.254. The molecule has 1 aromatic heterocycles. The van der Waals surface area contributed by atoms with Gasteiger partial charge in [0.2, 0.25) is 5.88 Å². The molecule has 0 saturated carbocycles. The summed E-state index contributed by atoms with van der Waals surface area (Å²) in [5.41, 5.74) is 17.5. The molecule has 1 fully saturated rings. The summed E-state index contributed by atoms with van der Waals surface area (Å²) in [6.45, 7) is 2.09. The number of hydrogen-bond donors (Lipinski definition) is 3. The van der Waals surface area contributed by atoms with Gasteiger partial charge in [-0.15, -0.1) is 0 Å². The molecule has 136 valence electrons. The lowest BCUT2D eigenvalue weighted by Crippen LogP contribution is -2.43. The largest absolute Gasteiger partial charge is 0.457 e. The van der Waals surface area contributed by atoms with Crippen LogP contribution in [0.2, 0.25) is 0 Å². The number of nitrogen functional groups attached to an aromatic ring is 1. The molecule has 26 heavy (non-hydrogen) atoms. The maximum atomic E-state index is 14.8. The average molecular weight is 354 g/mol. The van der Waals surface area contributed by atoms with Gasteiger partial charge in [0.25, 0.3) is 0 Å². The summed E-state index contributed by atoms with van der Waals surface area (Å²) in [4.78, 5) is 4.81. The first kappa shape index (κ1) is 16.0. The minimum Gasteiger partial charge on any atom is -0.457 e. The van der Waals surface area contributed by atoms with Crippen LogP contribution in [0.3, 0.4) is 0 Å². The van der Waals surface area contributed by atoms with E-state index in [1.54, 1.807) is 6.07 Å². The first-order valence-corrected chi connectivity index (χ1v) is 9.38. The summed E-state index contributed by atoms with van der Waals surface area (Å²) >= 11 is 0. The number of hydrazine groups is 1. The van der Waals surface area contributed by atoms with Crippen LogP contribution in [-0.4, -0.2) is 17.3 Å². The van der Waals surface area contributed by atoms with Crippen molar-refractivity contribution in [2.45, 2.75) is 50.8 Å². The first-order valence-electron chi connectivity index (χ1n) is 9.38. The number of hydrogen-bond acceptors (Lipinski definition) is 5. The van der Waals surface area contributed by atoms with E-state index >= 15 is 0 Å². The number of ether oxygens (including phenoxy) is 1. The standard InChI is InChI=1S/C20H23FN4O/c1-10-15-16(11-6-2-4-8-13(11)21)17-18(22)12-7-3-5-9-14(12)23-19(17)26-20(15)25-24-10/h2,4,6,8,10,15-16,20,24-25H,3,5,7,9H2,1H3,(H2,22,23). The molecule has 5 rings (SSSR count). The van der Waals surface area contributed by atoms with Crippen LogP contribution in [0, 0.1) is 11.7 Å². The van der Waals surface area contributed by atoms with E-state index < -0.39 is 0 Å². The lowest BCUT2D eigenvalue weighted by Gasteiger charge is -2.38. The third kappa shape index (κ3) is 2.25. The summed E-state index contributed by atoms with van der Waals surface area (Å²) in [5.74, 6) is 0.189. The molecule has 0 bridgehead atoms. The minimum absolute atomic E-state index is 0.0325. The van der Waals surface area contributed by atoms with Gasteiger partial charge in [0.05, 0.1) is 0 Å². The van der Waals surface area contributed by atoms with Crippen molar-refractivity contribution in [3.05, 3.63) is 52.5 Å². The second-order valence-corrected chi connectivity index (χ2v) is 7.57. The Balaban J connectivity index is 1.75. The van der Waals surface area contributed by atoms with Crippen LogP contribution in [0.15, 0.2) is 24.3 Å². The zero-order valence-corrected chi connectivity index (χ0v) is 14.8. The van der Waals surface area contributed by atoms with Gasteiger partial charge in [-0.3, -0.25) is 5.43 Å². The number of aromatic nitrogens is 1. The predicted molar refractivity (Wildman–Crippen MR) is 97.2 cm³/mol. The quantitative estimate of drug-likeness (QED) is 0.734. The molecule has 4 N–H and O–H groups in total. The number of nitrogens with one attached hydrogen (secondary N) is 2. The maximum Gasteiger partial charge on any atom is 0.221 e. The fourth-order valence-corrected chi connectivity index (χ4v) is 4.80. The summed E-state index contributed by atoms with van der Waals surface area (Å²) < 4.78 is 21.0. The number of fused-ring (bicyclic) bond motifs is 3. The molecule has 0 spiro atoms. The van der Waals surface area contributed by atoms with Crippen LogP contribution in [0.4, 0.5) is 10.1 Å². The van der Waals surface area contributed by atoms with E-state index in [1.807, 2.05) is 12.1 Å². The molecule has 2 aliphatic heterocycles. The lowest BCUT2D eigenvalue weighted by atomic mass is 9.74. The topological polar surface area (TPSA) is 72.2 Å². The molecule has 1 saturated heterocycles. The summed E-state index contributed by atoms with van der Waals surface area (Å²) in [5, 5.41) is 0. The van der Waals surface area contributed by atoms with Crippen molar-refractivity contribution in [1.82, 2.24) is 15.8 Å². The Hall–Kier alpha value is -2.18. The fourth-order valence-electron chi connectivity index (χ4n) is 4.80. The molecule has 0 radical (unpaired) electrons. The summed E-state index contributed by atoms with van der Waals surface area (Å²) in [6, 6.07) is 7.09. The highest BCUT2D eigenvalue weighted by Gasteiger charge is 2.48. The Morgan fingerprint density at radius 1 is 1.19 bits per heavy atom. The normalized spacial score (nSPS) is 29.5. The van der Waals surface area contributed by atoms with E-state index in [9.17, 15) is 4.39 Å². The van der Waals surface area contributed by atoms with Gasteiger partial charge in [0.15, 0.2) is 6.23 Å². The van der Waals surface area contributed by atoms with Crippen molar-refractivity contribution in [3.63, 3.8) is 0 Å². The van der Waals surface area contributed by atoms with Crippen molar-refractivity contribution in [2.75, 3.05) is 5.73 Å². The van der Waals surface area contributed by atoms with Gasteiger partial charge in [-0.2, -0.15) is 0 Å². The number of halogens is 1. The molecule has 4 unspecified atom stereocenters. The highest BCUT2D eigenvalue weighted by molar-refractivity contribution is 5.64. The van der Waals surface area contributed by atoms with Crippen molar-refractivity contribution >= 4 is 5.69 Å². The SMILES string of the molecule is CC1NNC2Oc3nc4c(c(N)c3C(c3ccccc3F)C12)CCCC4. The van der Waals surface area contributed by atoms with Crippen molar-refractivity contribution in [1.29, 1.82) is 0 Å². The maximum absolute atomic E-state index is 14.8. The first-order chi connectivity index (χ1) is 12.6. The Labute approximate surface area is 152 Å². The van der Waals surface area contributed by atoms with E-state index in [2.05, 4.69) is 17.8 Å². The Morgan fingerprint density at radius 3 is 2.85 bits per heavy atom. The molecule has 6 heteroatoms. The third-order valence-corrected chi connectivity index (χ3v) is 6.08. The van der Waals surface area contributed by atoms with Crippen molar-refractivity contribution in [3.8, 4) is 5.88 Å². The lowest BCUT2D eigenvalue weighted by molar-refractivity contribution is 0.0960. The smallest absolute Gasteiger partial charge is 0.221 e. The monoisotopic (exact) mass is 354 g/mol. The molecule has 2 aromatic rings. The van der Waals surface area contributed by atoms with E-state index in [1.165, 1.54) is 6.07 Å². The molecular weight excluding hydrogens is 331 g/mol. The fraction of sp³-hybridized carbons (Fsp3) is 0.450. The third-order valence-electron chi connectivity index (χ3n) is 6.08. The van der Waals surface area contributed by atoms with Crippen LogP contribution in [0.5, 0.6) is 5.88 Å². The van der Waals surface area contributed by atoms with E-state index in [0.29, 0.717) is 11.4 Å². The van der Waals surface area contributed by atoms with Crippen molar-refractivity contribution in [2.24, 2.45) is 5.92 Å². The molecule has 3 aliphatic rings. The van der Waals surface area contributed by atoms with Gasteiger partial charge in [-0.1, -0.05) is 18.2 Å². The zero-order valence-electron chi connectivity index (χ0n) is 14.8. The number of nitrogens with zero attached hydrogens (tertiary/aromatic N) is 1. The number of nitrogens with two attached hydrogens (primary N) is 1. The van der Waals surface area contributed by atoms with Gasteiger partial charge in [-0.25, -0.2) is 14.8 Å². The predicted octanol–water partition coefficient (Wildman–Crippen LogP) is 2.64. The van der Waals surface area contributed by atoms with Crippen LogP contribution >= 0.6 is 0 Å². The van der Waals surface area contributed by atoms with Crippen LogP contribution in [0.25, 0.3) is 0 Å². The molecule has 4 atom stereocenters. The summed E-state index contributed by atoms with van der Waals surface area (Å²) in [6.07, 6.45) is 3.85. The highest BCUT2D eigenvalue weighted by Crippen LogP contribution is 2.50. The molecule has 1 aromatic carbocycles. The highest BCUT2D eigenvalue weighted by atomic mass is 19.1. The van der Waals surface area contributed by atoms with Gasteiger partial charge in [0, 0.05) is 34.8 Å². The van der Waals surface area contributed by atoms with Crippen molar-refractivity contribution < 1.29 is 9.13 Å². The zero-order chi connectivity index (χ0) is 17.8. The Bertz CT molecular complexity index is 871. The number of rotatable bonds is 1. The molecule has 3 heterocycles. The number of benzene rings is 1. The molecule has 0 amide bonds. The van der Waals surface area contributed by atoms with Gasteiger partial charge < -0.3 is 10.5 Å². The second-order valence-electron chi connectivity index (χ2n) is 7.57. The van der Waals surface area contributed by atoms with Crippen LogP contribution in [-0.2, 0) is 12.8 Å². The van der Waals surface area contributed by atoms with E-state index in [4.69, 9.17) is 15.5 Å². The molecule has 5 nitrogen and oxygen atoms in total. The van der Waals surface area contributed by atoms with E-state index in [-0.39, 0.29) is 29.9 Å². The van der Waals surface area contributed by atoms with Crippen LogP contribution < -0.4 is 21.3 Å². The number of aryl methyl sites for hydroxylation is 1. The summed E-state index contributed by atoms with van der Waals surface area (Å²) in [7, 11) is 0. The Morgan fingerprint density at radius 2 is 2.00 bits per heavy atom. The Kier molecular flexibility index (Phi) is 3.65. The second kappa shape index (κ2) is 5.93. The molecular formula is C20H23FN4O. The number of anilines is 1. The van der Waals surface area contributed by atoms with Crippen LogP contribution in [0.1, 0.15) is 48.1 Å².